The highest BCUT2D eigenvalue weighted by Crippen LogP contribution is 2.37. The van der Waals surface area contributed by atoms with Crippen LogP contribution in [0, 0.1) is 11.3 Å². The van der Waals surface area contributed by atoms with E-state index < -0.39 is 17.3 Å². The first kappa shape index (κ1) is 17.7. The van der Waals surface area contributed by atoms with E-state index in [1.807, 2.05) is 6.08 Å². The first-order valence-corrected chi connectivity index (χ1v) is 8.10. The van der Waals surface area contributed by atoms with E-state index in [4.69, 9.17) is 4.74 Å². The molecule has 1 rings (SSSR count). The molecule has 0 saturated heterocycles. The van der Waals surface area contributed by atoms with Crippen molar-refractivity contribution < 1.29 is 19.4 Å². The van der Waals surface area contributed by atoms with Gasteiger partial charge >= 0.3 is 11.9 Å². The SMILES string of the molecule is CCCCCCCCOC(=O)C1CCC=CC1(C)C(=O)O. The lowest BCUT2D eigenvalue weighted by Crippen LogP contribution is -2.41. The number of esters is 1. The third kappa shape index (κ3) is 5.18. The Morgan fingerprint density at radius 2 is 1.90 bits per heavy atom. The molecule has 0 spiro atoms. The number of allylic oxidation sites excluding steroid dienone is 1. The second kappa shape index (κ2) is 8.85. The summed E-state index contributed by atoms with van der Waals surface area (Å²) in [6.45, 7) is 4.18. The summed E-state index contributed by atoms with van der Waals surface area (Å²) in [6, 6.07) is 0. The molecule has 1 aliphatic carbocycles. The third-order valence-electron chi connectivity index (χ3n) is 4.30. The van der Waals surface area contributed by atoms with E-state index in [0.717, 1.165) is 19.3 Å². The molecule has 1 aliphatic rings. The van der Waals surface area contributed by atoms with Crippen LogP contribution in [0.5, 0.6) is 0 Å². The Bertz CT molecular complexity index is 375. The van der Waals surface area contributed by atoms with Crippen molar-refractivity contribution in [1.82, 2.24) is 0 Å². The summed E-state index contributed by atoms with van der Waals surface area (Å²) in [4.78, 5) is 23.5. The molecule has 2 atom stereocenters. The fourth-order valence-electron chi connectivity index (χ4n) is 2.75. The second-order valence-electron chi connectivity index (χ2n) is 6.06. The van der Waals surface area contributed by atoms with Gasteiger partial charge in [0.15, 0.2) is 0 Å². The summed E-state index contributed by atoms with van der Waals surface area (Å²) in [6.07, 6.45) is 11.6. The van der Waals surface area contributed by atoms with Gasteiger partial charge in [0.1, 0.15) is 0 Å². The molecule has 0 aromatic carbocycles. The standard InChI is InChI=1S/C17H28O4/c1-3-4-5-6-7-10-13-21-15(18)14-11-8-9-12-17(14,2)16(19)20/h9,12,14H,3-8,10-11,13H2,1-2H3,(H,19,20). The smallest absolute Gasteiger partial charge is 0.314 e. The molecule has 120 valence electrons. The van der Waals surface area contributed by atoms with Gasteiger partial charge < -0.3 is 9.84 Å². The number of aliphatic carboxylic acids is 1. The fourth-order valence-corrected chi connectivity index (χ4v) is 2.75. The van der Waals surface area contributed by atoms with Crippen LogP contribution in [0.15, 0.2) is 12.2 Å². The lowest BCUT2D eigenvalue weighted by atomic mass is 9.71. The van der Waals surface area contributed by atoms with Gasteiger partial charge in [-0.25, -0.2) is 0 Å². The fraction of sp³-hybridized carbons (Fsp3) is 0.765. The van der Waals surface area contributed by atoms with Crippen molar-refractivity contribution in [2.45, 2.75) is 65.2 Å². The minimum absolute atomic E-state index is 0.363. The number of hydrogen-bond donors (Lipinski definition) is 1. The Hall–Kier alpha value is -1.32. The summed E-state index contributed by atoms with van der Waals surface area (Å²) in [5.74, 6) is -1.89. The number of unbranched alkanes of at least 4 members (excludes halogenated alkanes) is 5. The van der Waals surface area contributed by atoms with Gasteiger partial charge in [-0.2, -0.15) is 0 Å². The average molecular weight is 296 g/mol. The Kier molecular flexibility index (Phi) is 7.48. The van der Waals surface area contributed by atoms with Gasteiger partial charge in [0.05, 0.1) is 17.9 Å². The lowest BCUT2D eigenvalue weighted by Gasteiger charge is -2.32. The number of carbonyl (C=O) groups is 2. The van der Waals surface area contributed by atoms with E-state index >= 15 is 0 Å². The monoisotopic (exact) mass is 296 g/mol. The summed E-state index contributed by atoms with van der Waals surface area (Å²) >= 11 is 0. The number of carboxylic acid groups (broad SMARTS) is 1. The molecule has 0 heterocycles. The molecule has 4 nitrogen and oxygen atoms in total. The molecule has 0 fully saturated rings. The van der Waals surface area contributed by atoms with Gasteiger partial charge in [-0.05, 0) is 26.2 Å². The number of carbonyl (C=O) groups excluding carboxylic acids is 1. The Morgan fingerprint density at radius 1 is 1.24 bits per heavy atom. The summed E-state index contributed by atoms with van der Waals surface area (Å²) in [5, 5.41) is 9.35. The zero-order valence-corrected chi connectivity index (χ0v) is 13.3. The zero-order valence-electron chi connectivity index (χ0n) is 13.3. The van der Waals surface area contributed by atoms with Crippen molar-refractivity contribution in [3.63, 3.8) is 0 Å². The molecule has 0 aromatic rings. The maximum atomic E-state index is 12.1. The van der Waals surface area contributed by atoms with Gasteiger partial charge in [0, 0.05) is 0 Å². The van der Waals surface area contributed by atoms with Crippen molar-refractivity contribution in [3.05, 3.63) is 12.2 Å². The quantitative estimate of drug-likeness (QED) is 0.397. The topological polar surface area (TPSA) is 63.6 Å². The van der Waals surface area contributed by atoms with Crippen LogP contribution in [-0.2, 0) is 14.3 Å². The minimum Gasteiger partial charge on any atom is -0.481 e. The van der Waals surface area contributed by atoms with Gasteiger partial charge in [0.25, 0.3) is 0 Å². The number of hydrogen-bond acceptors (Lipinski definition) is 3. The van der Waals surface area contributed by atoms with E-state index in [-0.39, 0.29) is 5.97 Å². The molecule has 0 amide bonds. The van der Waals surface area contributed by atoms with Crippen LogP contribution in [0.2, 0.25) is 0 Å². The molecule has 0 aliphatic heterocycles. The maximum absolute atomic E-state index is 12.1. The van der Waals surface area contributed by atoms with Gasteiger partial charge in [-0.1, -0.05) is 51.2 Å². The van der Waals surface area contributed by atoms with Crippen LogP contribution in [0.3, 0.4) is 0 Å². The Balaban J connectivity index is 2.34. The van der Waals surface area contributed by atoms with Crippen LogP contribution in [-0.4, -0.2) is 23.7 Å². The highest BCUT2D eigenvalue weighted by molar-refractivity contribution is 5.86. The molecular weight excluding hydrogens is 268 g/mol. The van der Waals surface area contributed by atoms with E-state index in [2.05, 4.69) is 6.92 Å². The third-order valence-corrected chi connectivity index (χ3v) is 4.30. The van der Waals surface area contributed by atoms with Crippen LogP contribution < -0.4 is 0 Å². The molecule has 21 heavy (non-hydrogen) atoms. The lowest BCUT2D eigenvalue weighted by molar-refractivity contribution is -0.162. The van der Waals surface area contributed by atoms with E-state index in [9.17, 15) is 14.7 Å². The minimum atomic E-state index is -1.13. The largest absolute Gasteiger partial charge is 0.481 e. The summed E-state index contributed by atoms with van der Waals surface area (Å²) in [5.41, 5.74) is -1.13. The van der Waals surface area contributed by atoms with Crippen LogP contribution in [0.25, 0.3) is 0 Å². The number of ether oxygens (including phenoxy) is 1. The van der Waals surface area contributed by atoms with Crippen LogP contribution >= 0.6 is 0 Å². The van der Waals surface area contributed by atoms with Crippen molar-refractivity contribution in [2.24, 2.45) is 11.3 Å². The molecule has 4 heteroatoms. The average Bonchev–Trinajstić information content (AvgIpc) is 2.46. The predicted octanol–water partition coefficient (Wildman–Crippen LogP) is 3.95. The van der Waals surface area contributed by atoms with Crippen molar-refractivity contribution in [2.75, 3.05) is 6.61 Å². The number of rotatable bonds is 9. The normalized spacial score (nSPS) is 24.8. The molecule has 0 aromatic heterocycles. The van der Waals surface area contributed by atoms with Crippen molar-refractivity contribution in [1.29, 1.82) is 0 Å². The molecule has 2 unspecified atom stereocenters. The second-order valence-corrected chi connectivity index (χ2v) is 6.06. The highest BCUT2D eigenvalue weighted by atomic mass is 16.5. The summed E-state index contributed by atoms with van der Waals surface area (Å²) < 4.78 is 5.30. The molecule has 0 radical (unpaired) electrons. The van der Waals surface area contributed by atoms with Crippen LogP contribution in [0.1, 0.15) is 65.2 Å². The van der Waals surface area contributed by atoms with Crippen molar-refractivity contribution in [3.8, 4) is 0 Å². The molecule has 0 bridgehead atoms. The van der Waals surface area contributed by atoms with E-state index in [0.29, 0.717) is 13.0 Å². The van der Waals surface area contributed by atoms with Gasteiger partial charge in [-0.3, -0.25) is 9.59 Å². The van der Waals surface area contributed by atoms with E-state index in [1.54, 1.807) is 13.0 Å². The van der Waals surface area contributed by atoms with Crippen molar-refractivity contribution >= 4 is 11.9 Å². The first-order valence-electron chi connectivity index (χ1n) is 8.10. The molecular formula is C17H28O4. The van der Waals surface area contributed by atoms with E-state index in [1.165, 1.54) is 25.7 Å². The Morgan fingerprint density at radius 3 is 2.57 bits per heavy atom. The molecule has 1 N–H and O–H groups in total. The maximum Gasteiger partial charge on any atom is 0.314 e. The van der Waals surface area contributed by atoms with Crippen LogP contribution in [0.4, 0.5) is 0 Å². The predicted molar refractivity (Wildman–Crippen MR) is 81.9 cm³/mol. The molecule has 0 saturated carbocycles. The first-order chi connectivity index (χ1) is 10.0. The number of carboxylic acids is 1. The van der Waals surface area contributed by atoms with Gasteiger partial charge in [-0.15, -0.1) is 0 Å². The Labute approximate surface area is 127 Å². The summed E-state index contributed by atoms with van der Waals surface area (Å²) in [7, 11) is 0. The highest BCUT2D eigenvalue weighted by Gasteiger charge is 2.45. The van der Waals surface area contributed by atoms with Gasteiger partial charge in [0.2, 0.25) is 0 Å². The zero-order chi connectivity index (χ0) is 15.7.